The molecule has 17 heavy (non-hydrogen) atoms. The van der Waals surface area contributed by atoms with E-state index in [2.05, 4.69) is 5.32 Å². The van der Waals surface area contributed by atoms with E-state index in [1.54, 1.807) is 43.3 Å². The fourth-order valence-corrected chi connectivity index (χ4v) is 1.32. The Morgan fingerprint density at radius 3 is 2.59 bits per heavy atom. The number of nitrogens with zero attached hydrogens (tertiary/aromatic N) is 1. The summed E-state index contributed by atoms with van der Waals surface area (Å²) in [6.07, 6.45) is 0.798. The Kier molecular flexibility index (Phi) is 5.29. The predicted molar refractivity (Wildman–Crippen MR) is 68.3 cm³/mol. The molecule has 0 spiro atoms. The fourth-order valence-electron chi connectivity index (χ4n) is 1.32. The van der Waals surface area contributed by atoms with Crippen LogP contribution < -0.4 is 15.8 Å². The van der Waals surface area contributed by atoms with Crippen LogP contribution in [0.4, 0.5) is 10.5 Å². The van der Waals surface area contributed by atoms with E-state index < -0.39 is 0 Å². The number of amides is 2. The number of urea groups is 1. The van der Waals surface area contributed by atoms with E-state index in [9.17, 15) is 4.79 Å². The van der Waals surface area contributed by atoms with Gasteiger partial charge in [-0.05, 0) is 37.2 Å². The zero-order valence-electron chi connectivity index (χ0n) is 10.3. The summed E-state index contributed by atoms with van der Waals surface area (Å²) in [4.78, 5) is 13.3. The quantitative estimate of drug-likeness (QED) is 0.815. The van der Waals surface area contributed by atoms with Gasteiger partial charge in [-0.3, -0.25) is 0 Å². The summed E-state index contributed by atoms with van der Waals surface area (Å²) >= 11 is 0. The van der Waals surface area contributed by atoms with Crippen LogP contribution in [0.2, 0.25) is 0 Å². The highest BCUT2D eigenvalue weighted by molar-refractivity contribution is 5.89. The predicted octanol–water partition coefficient (Wildman–Crippen LogP) is 1.51. The second-order valence-electron chi connectivity index (χ2n) is 3.72. The maximum absolute atomic E-state index is 11.7. The third kappa shape index (κ3) is 4.32. The number of rotatable bonds is 5. The molecule has 0 bridgehead atoms. The van der Waals surface area contributed by atoms with Crippen molar-refractivity contribution in [3.63, 3.8) is 0 Å². The maximum atomic E-state index is 11.7. The van der Waals surface area contributed by atoms with Crippen LogP contribution in [0, 0.1) is 0 Å². The number of carbonyl (C=O) groups excluding carboxylic acids is 1. The second kappa shape index (κ2) is 6.75. The zero-order chi connectivity index (χ0) is 12.7. The molecule has 0 aromatic heterocycles. The first-order chi connectivity index (χ1) is 8.17. The van der Waals surface area contributed by atoms with Gasteiger partial charge in [-0.2, -0.15) is 0 Å². The molecule has 3 N–H and O–H groups in total. The number of carbonyl (C=O) groups is 1. The standard InChI is InChI=1S/C12H19N3O2/c1-15(9-3-8-13)12(16)14-10-4-6-11(17-2)7-5-10/h4-7H,3,8-9,13H2,1-2H3,(H,14,16). The van der Waals surface area contributed by atoms with E-state index in [-0.39, 0.29) is 6.03 Å². The van der Waals surface area contributed by atoms with Gasteiger partial charge in [0.2, 0.25) is 0 Å². The maximum Gasteiger partial charge on any atom is 0.321 e. The molecule has 94 valence electrons. The van der Waals surface area contributed by atoms with Crippen molar-refractivity contribution in [3.05, 3.63) is 24.3 Å². The topological polar surface area (TPSA) is 67.6 Å². The highest BCUT2D eigenvalue weighted by Gasteiger charge is 2.07. The average molecular weight is 237 g/mol. The van der Waals surface area contributed by atoms with E-state index in [4.69, 9.17) is 10.5 Å². The molecule has 1 rings (SSSR count). The van der Waals surface area contributed by atoms with E-state index >= 15 is 0 Å². The van der Waals surface area contributed by atoms with Crippen LogP contribution in [-0.4, -0.2) is 38.2 Å². The molecule has 1 aromatic carbocycles. The number of nitrogens with one attached hydrogen (secondary N) is 1. The van der Waals surface area contributed by atoms with Crippen LogP contribution in [-0.2, 0) is 0 Å². The average Bonchev–Trinajstić information content (AvgIpc) is 2.36. The van der Waals surface area contributed by atoms with Crippen molar-refractivity contribution >= 4 is 11.7 Å². The third-order valence-electron chi connectivity index (χ3n) is 2.39. The minimum Gasteiger partial charge on any atom is -0.497 e. The summed E-state index contributed by atoms with van der Waals surface area (Å²) in [6.45, 7) is 1.23. The molecule has 0 unspecified atom stereocenters. The van der Waals surface area contributed by atoms with Gasteiger partial charge in [-0.25, -0.2) is 4.79 Å². The van der Waals surface area contributed by atoms with Gasteiger partial charge in [0, 0.05) is 19.3 Å². The van der Waals surface area contributed by atoms with Gasteiger partial charge in [-0.1, -0.05) is 0 Å². The molecular formula is C12H19N3O2. The molecule has 0 radical (unpaired) electrons. The van der Waals surface area contributed by atoms with Crippen molar-refractivity contribution < 1.29 is 9.53 Å². The number of methoxy groups -OCH3 is 1. The summed E-state index contributed by atoms with van der Waals surface area (Å²) < 4.78 is 5.04. The molecule has 0 aliphatic heterocycles. The summed E-state index contributed by atoms with van der Waals surface area (Å²) in [6, 6.07) is 7.06. The van der Waals surface area contributed by atoms with Crippen molar-refractivity contribution in [2.45, 2.75) is 6.42 Å². The van der Waals surface area contributed by atoms with Crippen LogP contribution in [0.15, 0.2) is 24.3 Å². The lowest BCUT2D eigenvalue weighted by Gasteiger charge is -2.17. The van der Waals surface area contributed by atoms with Gasteiger partial charge in [0.25, 0.3) is 0 Å². The van der Waals surface area contributed by atoms with Gasteiger partial charge >= 0.3 is 6.03 Å². The Labute approximate surface area is 102 Å². The minimum atomic E-state index is -0.136. The lowest BCUT2D eigenvalue weighted by atomic mass is 10.3. The Morgan fingerprint density at radius 2 is 2.06 bits per heavy atom. The number of anilines is 1. The van der Waals surface area contributed by atoms with Gasteiger partial charge in [0.15, 0.2) is 0 Å². The van der Waals surface area contributed by atoms with Crippen LogP contribution in [0.1, 0.15) is 6.42 Å². The zero-order valence-corrected chi connectivity index (χ0v) is 10.3. The summed E-state index contributed by atoms with van der Waals surface area (Å²) in [7, 11) is 3.35. The molecule has 2 amide bonds. The first-order valence-corrected chi connectivity index (χ1v) is 5.53. The second-order valence-corrected chi connectivity index (χ2v) is 3.72. The Hall–Kier alpha value is -1.75. The molecule has 5 heteroatoms. The van der Waals surface area contributed by atoms with E-state index in [0.29, 0.717) is 13.1 Å². The lowest BCUT2D eigenvalue weighted by molar-refractivity contribution is 0.222. The van der Waals surface area contributed by atoms with Crippen molar-refractivity contribution in [2.24, 2.45) is 5.73 Å². The van der Waals surface area contributed by atoms with Gasteiger partial charge in [-0.15, -0.1) is 0 Å². The molecule has 1 aromatic rings. The largest absolute Gasteiger partial charge is 0.497 e. The normalized spacial score (nSPS) is 9.82. The van der Waals surface area contributed by atoms with E-state index in [1.165, 1.54) is 0 Å². The highest BCUT2D eigenvalue weighted by Crippen LogP contribution is 2.15. The molecule has 0 atom stereocenters. The van der Waals surface area contributed by atoms with Crippen LogP contribution in [0.3, 0.4) is 0 Å². The number of nitrogens with two attached hydrogens (primary N) is 1. The Balaban J connectivity index is 2.49. The first-order valence-electron chi connectivity index (χ1n) is 5.53. The van der Waals surface area contributed by atoms with Crippen molar-refractivity contribution in [1.29, 1.82) is 0 Å². The van der Waals surface area contributed by atoms with Crippen molar-refractivity contribution in [2.75, 3.05) is 32.6 Å². The van der Waals surface area contributed by atoms with E-state index in [1.807, 2.05) is 0 Å². The summed E-state index contributed by atoms with van der Waals surface area (Å²) in [5, 5.41) is 2.79. The number of ether oxygens (including phenoxy) is 1. The monoisotopic (exact) mass is 237 g/mol. The number of hydrogen-bond acceptors (Lipinski definition) is 3. The first kappa shape index (κ1) is 13.3. The highest BCUT2D eigenvalue weighted by atomic mass is 16.5. The molecule has 0 aliphatic rings. The minimum absolute atomic E-state index is 0.136. The Bertz CT molecular complexity index is 351. The number of benzene rings is 1. The lowest BCUT2D eigenvalue weighted by Crippen LogP contribution is -2.32. The SMILES string of the molecule is COc1ccc(NC(=O)N(C)CCCN)cc1. The smallest absolute Gasteiger partial charge is 0.321 e. The molecule has 0 heterocycles. The third-order valence-corrected chi connectivity index (χ3v) is 2.39. The molecule has 5 nitrogen and oxygen atoms in total. The van der Waals surface area contributed by atoms with Gasteiger partial charge in [0.1, 0.15) is 5.75 Å². The molecular weight excluding hydrogens is 218 g/mol. The van der Waals surface area contributed by atoms with Gasteiger partial charge in [0.05, 0.1) is 7.11 Å². The van der Waals surface area contributed by atoms with Gasteiger partial charge < -0.3 is 20.7 Å². The molecule has 0 saturated carbocycles. The molecule has 0 fully saturated rings. The van der Waals surface area contributed by atoms with Crippen molar-refractivity contribution in [3.8, 4) is 5.75 Å². The van der Waals surface area contributed by atoms with Crippen LogP contribution in [0.25, 0.3) is 0 Å². The summed E-state index contributed by atoms with van der Waals surface area (Å²) in [5.41, 5.74) is 6.13. The summed E-state index contributed by atoms with van der Waals surface area (Å²) in [5.74, 6) is 0.763. The van der Waals surface area contributed by atoms with Crippen molar-refractivity contribution in [1.82, 2.24) is 4.90 Å². The van der Waals surface area contributed by atoms with Crippen LogP contribution >= 0.6 is 0 Å². The van der Waals surface area contributed by atoms with E-state index in [0.717, 1.165) is 17.9 Å². The van der Waals surface area contributed by atoms with Crippen LogP contribution in [0.5, 0.6) is 5.75 Å². The molecule has 0 saturated heterocycles. The number of hydrogen-bond donors (Lipinski definition) is 2. The Morgan fingerprint density at radius 1 is 1.41 bits per heavy atom. The fraction of sp³-hybridized carbons (Fsp3) is 0.417. The molecule has 0 aliphatic carbocycles.